The van der Waals surface area contributed by atoms with Gasteiger partial charge in [0.25, 0.3) is 0 Å². The van der Waals surface area contributed by atoms with Crippen molar-refractivity contribution in [1.82, 2.24) is 4.31 Å². The minimum Gasteiger partial charge on any atom is -0.423 e. The molecule has 5 nitrogen and oxygen atoms in total. The highest BCUT2D eigenvalue weighted by Gasteiger charge is 2.28. The predicted octanol–water partition coefficient (Wildman–Crippen LogP) is 3.47. The molecule has 0 spiro atoms. The number of piperidine rings is 1. The quantitative estimate of drug-likeness (QED) is 0.605. The third kappa shape index (κ3) is 4.11. The zero-order valence-corrected chi connectivity index (χ0v) is 15.2. The molecule has 2 aromatic rings. The van der Waals surface area contributed by atoms with Crippen molar-refractivity contribution >= 4 is 16.0 Å². The van der Waals surface area contributed by atoms with Gasteiger partial charge in [0.1, 0.15) is 11.6 Å². The van der Waals surface area contributed by atoms with E-state index in [1.165, 1.54) is 46.8 Å². The molecule has 1 aliphatic heterocycles. The van der Waals surface area contributed by atoms with Gasteiger partial charge in [0.2, 0.25) is 10.0 Å². The summed E-state index contributed by atoms with van der Waals surface area (Å²) >= 11 is 0. The molecular formula is C19H20FNO4S. The normalized spacial score (nSPS) is 16.4. The van der Waals surface area contributed by atoms with Crippen LogP contribution in [0.25, 0.3) is 0 Å². The molecule has 3 rings (SSSR count). The molecule has 0 radical (unpaired) electrons. The van der Waals surface area contributed by atoms with Gasteiger partial charge in [-0.05, 0) is 55.2 Å². The number of halogens is 1. The fourth-order valence-electron chi connectivity index (χ4n) is 2.83. The molecule has 138 valence electrons. The van der Waals surface area contributed by atoms with E-state index in [1.807, 2.05) is 0 Å². The van der Waals surface area contributed by atoms with Gasteiger partial charge in [-0.25, -0.2) is 17.6 Å². The number of sulfonamides is 1. The largest absolute Gasteiger partial charge is 0.423 e. The molecule has 1 saturated heterocycles. The van der Waals surface area contributed by atoms with Crippen LogP contribution >= 0.6 is 0 Å². The van der Waals surface area contributed by atoms with Crippen LogP contribution < -0.4 is 4.74 Å². The van der Waals surface area contributed by atoms with Crippen molar-refractivity contribution in [2.45, 2.75) is 24.7 Å². The van der Waals surface area contributed by atoms with Crippen molar-refractivity contribution in [3.63, 3.8) is 0 Å². The molecule has 0 unspecified atom stereocenters. The third-order valence-electron chi connectivity index (χ3n) is 4.48. The van der Waals surface area contributed by atoms with E-state index in [0.717, 1.165) is 18.9 Å². The number of carbonyl (C=O) groups is 1. The Labute approximate surface area is 152 Å². The Hall–Kier alpha value is -2.25. The molecule has 0 atom stereocenters. The van der Waals surface area contributed by atoms with E-state index in [9.17, 15) is 17.6 Å². The molecule has 0 aromatic heterocycles. The summed E-state index contributed by atoms with van der Waals surface area (Å²) in [6.45, 7) is 3.13. The van der Waals surface area contributed by atoms with Crippen LogP contribution in [-0.2, 0) is 10.0 Å². The summed E-state index contributed by atoms with van der Waals surface area (Å²) in [7, 11) is -3.56. The van der Waals surface area contributed by atoms with Gasteiger partial charge >= 0.3 is 5.97 Å². The summed E-state index contributed by atoms with van der Waals surface area (Å²) in [5, 5.41) is 0. The highest BCUT2D eigenvalue weighted by molar-refractivity contribution is 7.89. The predicted molar refractivity (Wildman–Crippen MR) is 95.0 cm³/mol. The van der Waals surface area contributed by atoms with Gasteiger partial charge in [0.05, 0.1) is 10.5 Å². The second-order valence-electron chi connectivity index (χ2n) is 6.46. The Morgan fingerprint density at radius 1 is 1.12 bits per heavy atom. The smallest absolute Gasteiger partial charge is 0.343 e. The minimum absolute atomic E-state index is 0.0918. The summed E-state index contributed by atoms with van der Waals surface area (Å²) in [5.41, 5.74) is 0.195. The lowest BCUT2D eigenvalue weighted by molar-refractivity contribution is 0.0734. The Bertz CT molecular complexity index is 888. The fraction of sp³-hybridized carbons (Fsp3) is 0.316. The van der Waals surface area contributed by atoms with Gasteiger partial charge in [-0.2, -0.15) is 4.31 Å². The van der Waals surface area contributed by atoms with Crippen molar-refractivity contribution in [1.29, 1.82) is 0 Å². The summed E-state index contributed by atoms with van der Waals surface area (Å²) < 4.78 is 45.1. The number of ether oxygens (including phenoxy) is 1. The first-order chi connectivity index (χ1) is 12.4. The summed E-state index contributed by atoms with van der Waals surface area (Å²) in [4.78, 5) is 12.3. The van der Waals surface area contributed by atoms with Crippen molar-refractivity contribution in [3.05, 3.63) is 59.9 Å². The van der Waals surface area contributed by atoms with E-state index < -0.39 is 21.8 Å². The molecule has 1 fully saturated rings. The van der Waals surface area contributed by atoms with E-state index in [0.29, 0.717) is 19.0 Å². The van der Waals surface area contributed by atoms with Crippen LogP contribution in [0.2, 0.25) is 0 Å². The number of benzene rings is 2. The van der Waals surface area contributed by atoms with Crippen LogP contribution in [0.15, 0.2) is 53.4 Å². The number of esters is 1. The lowest BCUT2D eigenvalue weighted by Gasteiger charge is -2.29. The molecule has 7 heteroatoms. The highest BCUT2D eigenvalue weighted by atomic mass is 32.2. The van der Waals surface area contributed by atoms with Crippen molar-refractivity contribution < 1.29 is 22.3 Å². The molecule has 2 aromatic carbocycles. The number of rotatable bonds is 4. The monoisotopic (exact) mass is 377 g/mol. The van der Waals surface area contributed by atoms with Gasteiger partial charge in [-0.3, -0.25) is 0 Å². The van der Waals surface area contributed by atoms with Gasteiger partial charge < -0.3 is 4.74 Å². The van der Waals surface area contributed by atoms with Gasteiger partial charge in [-0.1, -0.05) is 13.0 Å². The van der Waals surface area contributed by atoms with E-state index in [1.54, 1.807) is 0 Å². The lowest BCUT2D eigenvalue weighted by atomic mass is 10.0. The highest BCUT2D eigenvalue weighted by Crippen LogP contribution is 2.24. The zero-order valence-electron chi connectivity index (χ0n) is 14.4. The number of carbonyl (C=O) groups excluding carboxylic acids is 1. The topological polar surface area (TPSA) is 63.7 Å². The maximum absolute atomic E-state index is 13.1. The second kappa shape index (κ2) is 7.55. The number of nitrogens with zero attached hydrogens (tertiary/aromatic N) is 1. The molecule has 26 heavy (non-hydrogen) atoms. The average molecular weight is 377 g/mol. The molecule has 0 N–H and O–H groups in total. The molecule has 1 heterocycles. The first kappa shape index (κ1) is 18.5. The third-order valence-corrected chi connectivity index (χ3v) is 6.39. The number of hydrogen-bond donors (Lipinski definition) is 0. The SMILES string of the molecule is CC1CCN(S(=O)(=O)c2ccc(C(=O)Oc3cccc(F)c3)cc2)CC1. The van der Waals surface area contributed by atoms with E-state index in [4.69, 9.17) is 4.74 Å². The van der Waals surface area contributed by atoms with Crippen LogP contribution in [0.5, 0.6) is 5.75 Å². The van der Waals surface area contributed by atoms with Crippen molar-refractivity contribution in [2.75, 3.05) is 13.1 Å². The first-order valence-electron chi connectivity index (χ1n) is 8.44. The van der Waals surface area contributed by atoms with Crippen LogP contribution in [-0.4, -0.2) is 31.8 Å². The standard InChI is InChI=1S/C19H20FNO4S/c1-14-9-11-21(12-10-14)26(23,24)18-7-5-15(6-8-18)19(22)25-17-4-2-3-16(20)13-17/h2-8,13-14H,9-12H2,1H3. The fourth-order valence-corrected chi connectivity index (χ4v) is 4.30. The number of hydrogen-bond acceptors (Lipinski definition) is 4. The summed E-state index contributed by atoms with van der Waals surface area (Å²) in [6.07, 6.45) is 1.69. The molecule has 0 amide bonds. The second-order valence-corrected chi connectivity index (χ2v) is 8.40. The molecule has 0 bridgehead atoms. The van der Waals surface area contributed by atoms with Crippen LogP contribution in [0.4, 0.5) is 4.39 Å². The van der Waals surface area contributed by atoms with Crippen molar-refractivity contribution in [2.24, 2.45) is 5.92 Å². The van der Waals surface area contributed by atoms with Gasteiger partial charge in [-0.15, -0.1) is 0 Å². The first-order valence-corrected chi connectivity index (χ1v) is 9.88. The Morgan fingerprint density at radius 3 is 2.38 bits per heavy atom. The Balaban J connectivity index is 1.72. The van der Waals surface area contributed by atoms with Crippen molar-refractivity contribution in [3.8, 4) is 5.75 Å². The van der Waals surface area contributed by atoms with Crippen LogP contribution in [0.3, 0.4) is 0 Å². The zero-order chi connectivity index (χ0) is 18.7. The van der Waals surface area contributed by atoms with E-state index >= 15 is 0 Å². The maximum Gasteiger partial charge on any atom is 0.343 e. The van der Waals surface area contributed by atoms with E-state index in [-0.39, 0.29) is 16.2 Å². The molecule has 0 aliphatic carbocycles. The maximum atomic E-state index is 13.1. The lowest BCUT2D eigenvalue weighted by Crippen LogP contribution is -2.37. The van der Waals surface area contributed by atoms with Crippen LogP contribution in [0, 0.1) is 11.7 Å². The van der Waals surface area contributed by atoms with Crippen LogP contribution in [0.1, 0.15) is 30.1 Å². The average Bonchev–Trinajstić information content (AvgIpc) is 2.62. The Kier molecular flexibility index (Phi) is 5.38. The van der Waals surface area contributed by atoms with Gasteiger partial charge in [0, 0.05) is 19.2 Å². The molecule has 0 saturated carbocycles. The minimum atomic E-state index is -3.56. The Morgan fingerprint density at radius 2 is 1.77 bits per heavy atom. The molecular weight excluding hydrogens is 357 g/mol. The summed E-state index contributed by atoms with van der Waals surface area (Å²) in [5.74, 6) is -0.561. The molecule has 1 aliphatic rings. The summed E-state index contributed by atoms with van der Waals surface area (Å²) in [6, 6.07) is 10.9. The van der Waals surface area contributed by atoms with Gasteiger partial charge in [0.15, 0.2) is 0 Å². The van der Waals surface area contributed by atoms with E-state index in [2.05, 4.69) is 6.92 Å².